The van der Waals surface area contributed by atoms with Crippen LogP contribution in [0.5, 0.6) is 5.75 Å². The lowest BCUT2D eigenvalue weighted by Gasteiger charge is -2.33. The minimum absolute atomic E-state index is 0.0200. The number of unbranched alkanes of at least 4 members (excludes halogenated alkanes) is 1. The van der Waals surface area contributed by atoms with Crippen molar-refractivity contribution in [2.45, 2.75) is 108 Å². The highest BCUT2D eigenvalue weighted by Crippen LogP contribution is 2.39. The maximum atomic E-state index is 13.4. The number of hydrogen-bond donors (Lipinski definition) is 4. The van der Waals surface area contributed by atoms with E-state index in [1.165, 1.54) is 17.8 Å². The molecule has 0 radical (unpaired) electrons. The largest absolute Gasteiger partial charge is 0.489 e. The summed E-state index contributed by atoms with van der Waals surface area (Å²) in [6.45, 7) is 11.9. The van der Waals surface area contributed by atoms with E-state index < -0.39 is 44.8 Å². The lowest BCUT2D eigenvalue weighted by atomic mass is 9.86. The van der Waals surface area contributed by atoms with Gasteiger partial charge in [-0.25, -0.2) is 13.4 Å². The number of aryl methyl sites for hydroxylation is 1. The number of anilines is 5. The van der Waals surface area contributed by atoms with Crippen molar-refractivity contribution in [1.29, 1.82) is 0 Å². The first-order chi connectivity index (χ1) is 30.5. The lowest BCUT2D eigenvalue weighted by Crippen LogP contribution is -2.54. The number of benzene rings is 3. The van der Waals surface area contributed by atoms with Gasteiger partial charge in [-0.2, -0.15) is 4.98 Å². The summed E-state index contributed by atoms with van der Waals surface area (Å²) in [5.74, 6) is -1.26. The Balaban J connectivity index is 0.927. The van der Waals surface area contributed by atoms with Crippen LogP contribution in [0, 0.1) is 6.92 Å². The van der Waals surface area contributed by atoms with Gasteiger partial charge in [0.2, 0.25) is 23.7 Å². The Hall–Kier alpha value is -5.91. The van der Waals surface area contributed by atoms with Crippen molar-refractivity contribution >= 4 is 79.8 Å². The zero-order valence-corrected chi connectivity index (χ0v) is 38.1. The lowest BCUT2D eigenvalue weighted by molar-refractivity contribution is -0.136. The summed E-state index contributed by atoms with van der Waals surface area (Å²) in [7, 11) is -3.59. The van der Waals surface area contributed by atoms with E-state index in [9.17, 15) is 32.4 Å². The number of halogens is 1. The van der Waals surface area contributed by atoms with E-state index in [1.807, 2.05) is 19.9 Å². The van der Waals surface area contributed by atoms with E-state index in [2.05, 4.69) is 49.1 Å². The first-order valence-electron chi connectivity index (χ1n) is 21.6. The summed E-state index contributed by atoms with van der Waals surface area (Å²) in [6.07, 6.45) is 4.95. The molecule has 0 aliphatic carbocycles. The normalized spacial score (nSPS) is 17.2. The fourth-order valence-corrected chi connectivity index (χ4v) is 9.69. The maximum Gasteiger partial charge on any atom is 0.264 e. The molecule has 4 N–H and O–H groups in total. The quantitative estimate of drug-likeness (QED) is 0.0644. The van der Waals surface area contributed by atoms with Crippen LogP contribution in [0.15, 0.2) is 65.7 Å². The number of imide groups is 2. The second-order valence-corrected chi connectivity index (χ2v) is 19.8. The van der Waals surface area contributed by atoms with Crippen LogP contribution >= 0.6 is 11.6 Å². The second kappa shape index (κ2) is 19.5. The molecule has 3 aromatic carbocycles. The Labute approximate surface area is 377 Å². The van der Waals surface area contributed by atoms with Gasteiger partial charge in [-0.05, 0) is 140 Å². The van der Waals surface area contributed by atoms with Crippen molar-refractivity contribution in [3.63, 3.8) is 0 Å². The zero-order valence-electron chi connectivity index (χ0n) is 36.5. The number of ether oxygens (including phenoxy) is 1. The number of hydrogen-bond acceptors (Lipinski definition) is 13. The number of carbonyl (C=O) groups excluding carboxylic acids is 5. The summed E-state index contributed by atoms with van der Waals surface area (Å²) < 4.78 is 32.5. The van der Waals surface area contributed by atoms with Gasteiger partial charge in [0.05, 0.1) is 50.6 Å². The third-order valence-electron chi connectivity index (χ3n) is 11.7. The van der Waals surface area contributed by atoms with Gasteiger partial charge in [-0.3, -0.25) is 34.2 Å². The van der Waals surface area contributed by atoms with Crippen LogP contribution < -0.4 is 26.0 Å². The van der Waals surface area contributed by atoms with Crippen LogP contribution in [0.25, 0.3) is 0 Å². The van der Waals surface area contributed by atoms with Gasteiger partial charge in [-0.1, -0.05) is 29.8 Å². The van der Waals surface area contributed by atoms with Crippen molar-refractivity contribution < 1.29 is 37.1 Å². The standard InChI is InChI=1S/C46H53ClN8O8S/c1-26(2)63-37-24-31(28(5)23-35(37)51-46-48-25-32(47)42(53-46)50-33-12-6-7-14-38(33)64(61,62)27(3)4)29-18-21-54(22-19-29)20-9-8-15-39(56)49-34-13-10-11-30-41(34)45(60)55(44(30)59)36-16-17-40(57)52-43(36)58/h6-7,10-14,23-27,29,36H,8-9,15-22H2,1-5H3,(H,49,56)(H,52,57,58)(H2,48,50,51,53). The topological polar surface area (TPSA) is 209 Å². The minimum atomic E-state index is -3.59. The molecule has 7 rings (SSSR count). The summed E-state index contributed by atoms with van der Waals surface area (Å²) in [5, 5.41) is 11.0. The van der Waals surface area contributed by atoms with Crippen molar-refractivity contribution in [3.8, 4) is 5.75 Å². The van der Waals surface area contributed by atoms with Crippen LogP contribution in [0.2, 0.25) is 5.02 Å². The van der Waals surface area contributed by atoms with E-state index in [-0.39, 0.29) is 69.8 Å². The van der Waals surface area contributed by atoms with Crippen LogP contribution in [0.4, 0.5) is 28.8 Å². The fourth-order valence-electron chi connectivity index (χ4n) is 8.35. The molecule has 3 aliphatic rings. The molecule has 0 bridgehead atoms. The Kier molecular flexibility index (Phi) is 14.0. The van der Waals surface area contributed by atoms with Crippen LogP contribution in [-0.2, 0) is 24.2 Å². The molecule has 2 fully saturated rings. The number of amides is 5. The number of para-hydroxylation sites is 1. The fraction of sp³-hybridized carbons (Fsp3) is 0.413. The third-order valence-corrected chi connectivity index (χ3v) is 14.2. The predicted octanol–water partition coefficient (Wildman–Crippen LogP) is 7.28. The van der Waals surface area contributed by atoms with Crippen molar-refractivity contribution in [3.05, 3.63) is 88.1 Å². The van der Waals surface area contributed by atoms with Crippen LogP contribution in [0.3, 0.4) is 0 Å². The molecule has 0 spiro atoms. The zero-order chi connectivity index (χ0) is 45.9. The number of sulfone groups is 1. The van der Waals surface area contributed by atoms with Crippen molar-refractivity contribution in [2.24, 2.45) is 0 Å². The van der Waals surface area contributed by atoms with Crippen LogP contribution in [-0.4, -0.2) is 94.8 Å². The third kappa shape index (κ3) is 10.1. The number of nitrogens with zero attached hydrogens (tertiary/aromatic N) is 4. The Morgan fingerprint density at radius 3 is 2.38 bits per heavy atom. The molecule has 1 atom stereocenters. The highest BCUT2D eigenvalue weighted by Gasteiger charge is 2.45. The second-order valence-electron chi connectivity index (χ2n) is 16.9. The molecule has 18 heteroatoms. The highest BCUT2D eigenvalue weighted by atomic mass is 35.5. The van der Waals surface area contributed by atoms with Crippen molar-refractivity contribution in [2.75, 3.05) is 35.6 Å². The summed E-state index contributed by atoms with van der Waals surface area (Å²) in [5.41, 5.74) is 3.71. The number of nitrogens with one attached hydrogen (secondary N) is 4. The first-order valence-corrected chi connectivity index (χ1v) is 23.5. The van der Waals surface area contributed by atoms with Gasteiger partial charge in [0.25, 0.3) is 11.8 Å². The van der Waals surface area contributed by atoms with Gasteiger partial charge >= 0.3 is 0 Å². The van der Waals surface area contributed by atoms with Gasteiger partial charge in [0, 0.05) is 12.8 Å². The summed E-state index contributed by atoms with van der Waals surface area (Å²) >= 11 is 6.50. The van der Waals surface area contributed by atoms with Crippen molar-refractivity contribution in [1.82, 2.24) is 25.1 Å². The van der Waals surface area contributed by atoms with Gasteiger partial charge in [0.1, 0.15) is 16.8 Å². The number of rotatable bonds is 16. The van der Waals surface area contributed by atoms with Crippen LogP contribution in [0.1, 0.15) is 110 Å². The monoisotopic (exact) mass is 912 g/mol. The SMILES string of the molecule is Cc1cc(Nc2ncc(Cl)c(Nc3ccccc3S(=O)(=O)C(C)C)n2)c(OC(C)C)cc1C1CCN(CCCCC(=O)Nc2cccc3c2C(=O)N(C2CCC(=O)NC2=O)C3=O)CC1. The number of aromatic nitrogens is 2. The Bertz CT molecular complexity index is 2600. The molecule has 338 valence electrons. The molecule has 3 aliphatic heterocycles. The van der Waals surface area contributed by atoms with Gasteiger partial charge in [0.15, 0.2) is 15.7 Å². The molecular weight excluding hydrogens is 860 g/mol. The number of carbonyl (C=O) groups is 5. The number of fused-ring (bicyclic) bond motifs is 1. The molecule has 16 nitrogen and oxygen atoms in total. The molecule has 2 saturated heterocycles. The first kappa shape index (κ1) is 46.1. The number of piperidine rings is 2. The average Bonchev–Trinajstić information content (AvgIpc) is 3.50. The van der Waals surface area contributed by atoms with E-state index in [1.54, 1.807) is 50.2 Å². The molecule has 5 amide bonds. The van der Waals surface area contributed by atoms with E-state index >= 15 is 0 Å². The van der Waals surface area contributed by atoms with E-state index in [4.69, 9.17) is 16.3 Å². The number of likely N-dealkylation sites (tertiary alicyclic amines) is 1. The smallest absolute Gasteiger partial charge is 0.264 e. The molecule has 4 heterocycles. The maximum absolute atomic E-state index is 13.4. The molecule has 64 heavy (non-hydrogen) atoms. The molecule has 1 unspecified atom stereocenters. The molecular formula is C46H53ClN8O8S. The van der Waals surface area contributed by atoms with E-state index in [0.717, 1.165) is 49.4 Å². The Morgan fingerprint density at radius 2 is 1.66 bits per heavy atom. The minimum Gasteiger partial charge on any atom is -0.489 e. The Morgan fingerprint density at radius 1 is 0.922 bits per heavy atom. The summed E-state index contributed by atoms with van der Waals surface area (Å²) in [6, 6.07) is 14.3. The predicted molar refractivity (Wildman–Crippen MR) is 243 cm³/mol. The van der Waals surface area contributed by atoms with Gasteiger partial charge < -0.3 is 25.6 Å². The molecule has 0 saturated carbocycles. The molecule has 1 aromatic heterocycles. The van der Waals surface area contributed by atoms with Gasteiger partial charge in [-0.15, -0.1) is 0 Å². The summed E-state index contributed by atoms with van der Waals surface area (Å²) in [4.78, 5) is 76.2. The highest BCUT2D eigenvalue weighted by molar-refractivity contribution is 7.92. The van der Waals surface area contributed by atoms with E-state index in [0.29, 0.717) is 29.5 Å². The average molecular weight is 913 g/mol. The molecule has 4 aromatic rings.